The number of amides is 2. The number of aromatic nitrogens is 2. The average molecular weight is 366 g/mol. The fourth-order valence-corrected chi connectivity index (χ4v) is 3.56. The highest BCUT2D eigenvalue weighted by molar-refractivity contribution is 5.75. The maximum atomic E-state index is 13.6. The van der Waals surface area contributed by atoms with Crippen LogP contribution in [0.3, 0.4) is 0 Å². The molecule has 5 nitrogen and oxygen atoms in total. The second kappa shape index (κ2) is 7.39. The fraction of sp³-hybridized carbons (Fsp3) is 0.333. The lowest BCUT2D eigenvalue weighted by Crippen LogP contribution is -2.43. The second-order valence-electron chi connectivity index (χ2n) is 7.14. The van der Waals surface area contributed by atoms with Gasteiger partial charge in [-0.05, 0) is 49.1 Å². The number of fused-ring (bicyclic) bond motifs is 1. The SMILES string of the molecule is Cc1ccc(CNC(=O)N2CCC(c3nc4ccccc4[nH]3)CC2)cc1F. The van der Waals surface area contributed by atoms with E-state index in [0.717, 1.165) is 35.3 Å². The van der Waals surface area contributed by atoms with Crippen LogP contribution in [0.4, 0.5) is 9.18 Å². The van der Waals surface area contributed by atoms with Crippen molar-refractivity contribution in [3.8, 4) is 0 Å². The third-order valence-electron chi connectivity index (χ3n) is 5.26. The van der Waals surface area contributed by atoms with Gasteiger partial charge < -0.3 is 15.2 Å². The Labute approximate surface area is 157 Å². The highest BCUT2D eigenvalue weighted by Gasteiger charge is 2.25. The number of carbonyl (C=O) groups excluding carboxylic acids is 1. The van der Waals surface area contributed by atoms with Crippen molar-refractivity contribution in [2.45, 2.75) is 32.2 Å². The third kappa shape index (κ3) is 3.79. The summed E-state index contributed by atoms with van der Waals surface area (Å²) >= 11 is 0. The van der Waals surface area contributed by atoms with Gasteiger partial charge in [-0.3, -0.25) is 0 Å². The Bertz CT molecular complexity index is 927. The van der Waals surface area contributed by atoms with E-state index < -0.39 is 0 Å². The van der Waals surface area contributed by atoms with Crippen LogP contribution in [0.1, 0.15) is 35.7 Å². The van der Waals surface area contributed by atoms with Crippen LogP contribution in [0.5, 0.6) is 0 Å². The number of nitrogens with zero attached hydrogens (tertiary/aromatic N) is 2. The smallest absolute Gasteiger partial charge is 0.317 e. The standard InChI is InChI=1S/C21H23FN4O/c1-14-6-7-15(12-17(14)22)13-23-21(27)26-10-8-16(9-11-26)20-24-18-4-2-3-5-19(18)25-20/h2-7,12,16H,8-11,13H2,1H3,(H,23,27)(H,24,25). The van der Waals surface area contributed by atoms with Crippen LogP contribution < -0.4 is 5.32 Å². The van der Waals surface area contributed by atoms with E-state index in [2.05, 4.69) is 15.3 Å². The lowest BCUT2D eigenvalue weighted by molar-refractivity contribution is 0.180. The highest BCUT2D eigenvalue weighted by atomic mass is 19.1. The number of carbonyl (C=O) groups is 1. The van der Waals surface area contributed by atoms with Crippen molar-refractivity contribution in [3.05, 3.63) is 65.2 Å². The molecular weight excluding hydrogens is 343 g/mol. The number of hydrogen-bond acceptors (Lipinski definition) is 2. The normalized spacial score (nSPS) is 15.3. The Balaban J connectivity index is 1.31. The van der Waals surface area contributed by atoms with Crippen LogP contribution in [0.25, 0.3) is 11.0 Å². The van der Waals surface area contributed by atoms with Gasteiger partial charge in [0, 0.05) is 25.6 Å². The van der Waals surface area contributed by atoms with Gasteiger partial charge in [-0.15, -0.1) is 0 Å². The number of urea groups is 1. The van der Waals surface area contributed by atoms with Crippen molar-refractivity contribution in [1.29, 1.82) is 0 Å². The lowest BCUT2D eigenvalue weighted by Gasteiger charge is -2.31. The number of halogens is 1. The molecule has 0 radical (unpaired) electrons. The first-order valence-electron chi connectivity index (χ1n) is 9.32. The Morgan fingerprint density at radius 1 is 1.26 bits per heavy atom. The maximum Gasteiger partial charge on any atom is 0.317 e. The monoisotopic (exact) mass is 366 g/mol. The van der Waals surface area contributed by atoms with Crippen LogP contribution in [0, 0.1) is 12.7 Å². The van der Waals surface area contributed by atoms with Crippen molar-refractivity contribution >= 4 is 17.1 Å². The molecule has 3 aromatic rings. The Morgan fingerprint density at radius 3 is 2.78 bits per heavy atom. The number of piperidine rings is 1. The molecule has 27 heavy (non-hydrogen) atoms. The molecule has 1 aliphatic rings. The minimum Gasteiger partial charge on any atom is -0.342 e. The van der Waals surface area contributed by atoms with E-state index in [0.29, 0.717) is 31.1 Å². The molecular formula is C21H23FN4O. The number of likely N-dealkylation sites (tertiary alicyclic amines) is 1. The predicted octanol–water partition coefficient (Wildman–Crippen LogP) is 4.10. The Morgan fingerprint density at radius 2 is 2.04 bits per heavy atom. The summed E-state index contributed by atoms with van der Waals surface area (Å²) in [5.41, 5.74) is 3.41. The van der Waals surface area contributed by atoms with E-state index in [1.807, 2.05) is 35.2 Å². The molecule has 140 valence electrons. The number of benzene rings is 2. The summed E-state index contributed by atoms with van der Waals surface area (Å²) in [5.74, 6) is 1.10. The molecule has 1 aromatic heterocycles. The van der Waals surface area contributed by atoms with E-state index >= 15 is 0 Å². The third-order valence-corrected chi connectivity index (χ3v) is 5.26. The summed E-state index contributed by atoms with van der Waals surface area (Å²) in [7, 11) is 0. The van der Waals surface area contributed by atoms with E-state index in [1.165, 1.54) is 6.07 Å². The number of para-hydroxylation sites is 2. The van der Waals surface area contributed by atoms with Crippen LogP contribution >= 0.6 is 0 Å². The molecule has 1 saturated heterocycles. The minimum atomic E-state index is -0.242. The molecule has 0 unspecified atom stereocenters. The van der Waals surface area contributed by atoms with Crippen LogP contribution in [-0.2, 0) is 6.54 Å². The van der Waals surface area contributed by atoms with Gasteiger partial charge in [0.25, 0.3) is 0 Å². The van der Waals surface area contributed by atoms with E-state index in [-0.39, 0.29) is 11.8 Å². The van der Waals surface area contributed by atoms with Crippen molar-refractivity contribution in [1.82, 2.24) is 20.2 Å². The molecule has 0 saturated carbocycles. The summed E-state index contributed by atoms with van der Waals surface area (Å²) in [5, 5.41) is 2.89. The first-order valence-corrected chi connectivity index (χ1v) is 9.32. The highest BCUT2D eigenvalue weighted by Crippen LogP contribution is 2.27. The van der Waals surface area contributed by atoms with Gasteiger partial charge in [-0.1, -0.05) is 24.3 Å². The van der Waals surface area contributed by atoms with Crippen LogP contribution in [-0.4, -0.2) is 34.0 Å². The van der Waals surface area contributed by atoms with Gasteiger partial charge >= 0.3 is 6.03 Å². The first kappa shape index (κ1) is 17.5. The fourth-order valence-electron chi connectivity index (χ4n) is 3.56. The largest absolute Gasteiger partial charge is 0.342 e. The molecule has 2 amide bonds. The van der Waals surface area contributed by atoms with Gasteiger partial charge in [0.05, 0.1) is 11.0 Å². The average Bonchev–Trinajstić information content (AvgIpc) is 3.13. The molecule has 1 aliphatic heterocycles. The number of rotatable bonds is 3. The van der Waals surface area contributed by atoms with Gasteiger partial charge in [-0.25, -0.2) is 14.2 Å². The zero-order chi connectivity index (χ0) is 18.8. The Hall–Kier alpha value is -2.89. The van der Waals surface area contributed by atoms with Crippen molar-refractivity contribution in [3.63, 3.8) is 0 Å². The number of H-pyrrole nitrogens is 1. The predicted molar refractivity (Wildman–Crippen MR) is 103 cm³/mol. The summed E-state index contributed by atoms with van der Waals surface area (Å²) in [4.78, 5) is 22.3. The molecule has 0 bridgehead atoms. The second-order valence-corrected chi connectivity index (χ2v) is 7.14. The summed E-state index contributed by atoms with van der Waals surface area (Å²) < 4.78 is 13.6. The maximum absolute atomic E-state index is 13.6. The zero-order valence-electron chi connectivity index (χ0n) is 15.3. The number of nitrogens with one attached hydrogen (secondary N) is 2. The van der Waals surface area contributed by atoms with Crippen molar-refractivity contribution in [2.24, 2.45) is 0 Å². The van der Waals surface area contributed by atoms with Crippen molar-refractivity contribution < 1.29 is 9.18 Å². The van der Waals surface area contributed by atoms with Crippen molar-refractivity contribution in [2.75, 3.05) is 13.1 Å². The number of hydrogen-bond donors (Lipinski definition) is 2. The number of aryl methyl sites for hydroxylation is 1. The molecule has 0 atom stereocenters. The molecule has 2 N–H and O–H groups in total. The number of imidazole rings is 1. The van der Waals surface area contributed by atoms with Gasteiger partial charge in [0.1, 0.15) is 11.6 Å². The Kier molecular flexibility index (Phi) is 4.79. The van der Waals surface area contributed by atoms with Crippen LogP contribution in [0.15, 0.2) is 42.5 Å². The summed E-state index contributed by atoms with van der Waals surface area (Å²) in [6.45, 7) is 3.44. The molecule has 2 heterocycles. The summed E-state index contributed by atoms with van der Waals surface area (Å²) in [6.07, 6.45) is 1.76. The molecule has 6 heteroatoms. The first-order chi connectivity index (χ1) is 13.1. The molecule has 1 fully saturated rings. The number of aromatic amines is 1. The van der Waals surface area contributed by atoms with Gasteiger partial charge in [-0.2, -0.15) is 0 Å². The van der Waals surface area contributed by atoms with E-state index in [1.54, 1.807) is 13.0 Å². The van der Waals surface area contributed by atoms with Gasteiger partial charge in [0.2, 0.25) is 0 Å². The van der Waals surface area contributed by atoms with E-state index in [4.69, 9.17) is 0 Å². The summed E-state index contributed by atoms with van der Waals surface area (Å²) in [6, 6.07) is 13.0. The minimum absolute atomic E-state index is 0.0981. The molecule has 0 aliphatic carbocycles. The molecule has 2 aromatic carbocycles. The molecule has 4 rings (SSSR count). The topological polar surface area (TPSA) is 61.0 Å². The molecule has 0 spiro atoms. The van der Waals surface area contributed by atoms with E-state index in [9.17, 15) is 9.18 Å². The van der Waals surface area contributed by atoms with Crippen LogP contribution in [0.2, 0.25) is 0 Å². The lowest BCUT2D eigenvalue weighted by atomic mass is 9.96. The zero-order valence-corrected chi connectivity index (χ0v) is 15.3. The van der Waals surface area contributed by atoms with Gasteiger partial charge in [0.15, 0.2) is 0 Å². The quantitative estimate of drug-likeness (QED) is 0.733.